The third-order valence-corrected chi connectivity index (χ3v) is 3.85. The summed E-state index contributed by atoms with van der Waals surface area (Å²) >= 11 is 0. The third-order valence-electron chi connectivity index (χ3n) is 3.85. The molecule has 1 aliphatic heterocycles. The molecule has 0 saturated carbocycles. The first kappa shape index (κ1) is 17.0. The lowest BCUT2D eigenvalue weighted by molar-refractivity contribution is -0.600. The number of pyridine rings is 1. The predicted octanol–water partition coefficient (Wildman–Crippen LogP) is 1.22. The quantitative estimate of drug-likeness (QED) is 0.377. The molecule has 1 unspecified atom stereocenters. The summed E-state index contributed by atoms with van der Waals surface area (Å²) in [4.78, 5) is 45.4. The number of hydrogen-bond donors (Lipinski definition) is 1. The first-order valence-corrected chi connectivity index (χ1v) is 7.38. The summed E-state index contributed by atoms with van der Waals surface area (Å²) in [6.45, 7) is 1.56. The monoisotopic (exact) mass is 358 g/mol. The van der Waals surface area contributed by atoms with Gasteiger partial charge in [-0.2, -0.15) is 4.57 Å². The summed E-state index contributed by atoms with van der Waals surface area (Å²) in [5.41, 5.74) is -0.429. The Balaban J connectivity index is 1.99. The Bertz CT molecular complexity index is 942. The molecule has 1 aliphatic rings. The molecule has 0 aliphatic carbocycles. The molecule has 26 heavy (non-hydrogen) atoms. The summed E-state index contributed by atoms with van der Waals surface area (Å²) in [6.07, 6.45) is 2.85. The standard InChI is InChI=1S/C15H11N5O6/c1-9-14(21)18(15(22)16-9)10-4-6-17(7-5-10)12-3-2-11(19(23)24)8-13(12)20(25)26/h2-9H,1H3/p+1. The summed E-state index contributed by atoms with van der Waals surface area (Å²) in [6, 6.07) is 4.98. The zero-order chi connectivity index (χ0) is 19.0. The van der Waals surface area contributed by atoms with Crippen molar-refractivity contribution >= 4 is 29.0 Å². The molecule has 1 N–H and O–H groups in total. The number of nitro groups is 2. The van der Waals surface area contributed by atoms with Gasteiger partial charge in [-0.15, -0.1) is 0 Å². The van der Waals surface area contributed by atoms with E-state index in [4.69, 9.17) is 0 Å². The van der Waals surface area contributed by atoms with E-state index in [2.05, 4.69) is 5.32 Å². The molecular formula is C15H12N5O6+. The number of amides is 3. The van der Waals surface area contributed by atoms with Gasteiger partial charge < -0.3 is 5.32 Å². The molecular weight excluding hydrogens is 346 g/mol. The molecule has 3 rings (SSSR count). The highest BCUT2D eigenvalue weighted by molar-refractivity contribution is 6.21. The molecule has 3 amide bonds. The van der Waals surface area contributed by atoms with Crippen LogP contribution in [-0.4, -0.2) is 27.8 Å². The first-order chi connectivity index (χ1) is 12.3. The van der Waals surface area contributed by atoms with Gasteiger partial charge >= 0.3 is 11.7 Å². The van der Waals surface area contributed by atoms with Crippen LogP contribution in [0.15, 0.2) is 42.7 Å². The number of non-ortho nitro benzene ring substituents is 1. The summed E-state index contributed by atoms with van der Waals surface area (Å²) in [7, 11) is 0. The largest absolute Gasteiger partial charge is 0.347 e. The maximum Gasteiger partial charge on any atom is 0.347 e. The van der Waals surface area contributed by atoms with E-state index in [1.807, 2.05) is 0 Å². The first-order valence-electron chi connectivity index (χ1n) is 7.38. The number of carbonyl (C=O) groups is 2. The number of nitro benzene ring substituents is 2. The SMILES string of the molecule is CC1NC(=O)N(c2cc[n+](-c3ccc([N+](=O)[O-])cc3[N+](=O)[O-])cc2)C1=O. The molecule has 0 radical (unpaired) electrons. The molecule has 11 heteroatoms. The number of rotatable bonds is 4. The van der Waals surface area contributed by atoms with E-state index < -0.39 is 39.2 Å². The Morgan fingerprint density at radius 2 is 1.73 bits per heavy atom. The highest BCUT2D eigenvalue weighted by atomic mass is 16.6. The molecule has 1 aromatic carbocycles. The number of hydrogen-bond acceptors (Lipinski definition) is 6. The lowest BCUT2D eigenvalue weighted by atomic mass is 10.2. The maximum absolute atomic E-state index is 12.0. The smallest absolute Gasteiger partial charge is 0.326 e. The Morgan fingerprint density at radius 3 is 2.23 bits per heavy atom. The number of imide groups is 1. The highest BCUT2D eigenvalue weighted by Gasteiger charge is 2.36. The van der Waals surface area contributed by atoms with Crippen molar-refractivity contribution in [1.82, 2.24) is 5.32 Å². The zero-order valence-corrected chi connectivity index (χ0v) is 13.4. The summed E-state index contributed by atoms with van der Waals surface area (Å²) in [5, 5.41) is 24.5. The van der Waals surface area contributed by atoms with Gasteiger partial charge in [0.2, 0.25) is 0 Å². The van der Waals surface area contributed by atoms with E-state index in [-0.39, 0.29) is 5.69 Å². The van der Waals surface area contributed by atoms with Crippen LogP contribution in [0.1, 0.15) is 6.92 Å². The van der Waals surface area contributed by atoms with Crippen LogP contribution < -0.4 is 14.8 Å². The average Bonchev–Trinajstić information content (AvgIpc) is 2.86. The van der Waals surface area contributed by atoms with Crippen LogP contribution in [-0.2, 0) is 4.79 Å². The Hall–Kier alpha value is -3.89. The second-order valence-electron chi connectivity index (χ2n) is 5.50. The normalized spacial score (nSPS) is 16.5. The minimum absolute atomic E-state index is 0.109. The van der Waals surface area contributed by atoms with E-state index in [0.29, 0.717) is 5.69 Å². The fourth-order valence-corrected chi connectivity index (χ4v) is 2.57. The van der Waals surface area contributed by atoms with Crippen molar-refractivity contribution in [3.63, 3.8) is 0 Å². The number of benzene rings is 1. The number of aromatic nitrogens is 1. The van der Waals surface area contributed by atoms with Crippen molar-refractivity contribution in [3.05, 3.63) is 63.0 Å². The molecule has 2 aromatic rings. The van der Waals surface area contributed by atoms with Crippen molar-refractivity contribution in [2.75, 3.05) is 4.90 Å². The third kappa shape index (κ3) is 2.81. The van der Waals surface area contributed by atoms with Gasteiger partial charge in [0.15, 0.2) is 12.4 Å². The van der Waals surface area contributed by atoms with Crippen LogP contribution in [0.2, 0.25) is 0 Å². The maximum atomic E-state index is 12.0. The molecule has 1 atom stereocenters. The van der Waals surface area contributed by atoms with Crippen molar-refractivity contribution in [3.8, 4) is 5.69 Å². The molecule has 1 aromatic heterocycles. The molecule has 1 fully saturated rings. The van der Waals surface area contributed by atoms with Crippen molar-refractivity contribution in [2.24, 2.45) is 0 Å². The van der Waals surface area contributed by atoms with Gasteiger partial charge in [-0.05, 0) is 6.92 Å². The van der Waals surface area contributed by atoms with Crippen LogP contribution in [0.3, 0.4) is 0 Å². The average molecular weight is 358 g/mol. The van der Waals surface area contributed by atoms with Gasteiger partial charge in [0.1, 0.15) is 12.1 Å². The highest BCUT2D eigenvalue weighted by Crippen LogP contribution is 2.25. The van der Waals surface area contributed by atoms with Crippen molar-refractivity contribution in [2.45, 2.75) is 13.0 Å². The summed E-state index contributed by atoms with van der Waals surface area (Å²) < 4.78 is 1.37. The van der Waals surface area contributed by atoms with E-state index in [9.17, 15) is 29.8 Å². The lowest BCUT2D eigenvalue weighted by Crippen LogP contribution is -2.34. The van der Waals surface area contributed by atoms with Crippen molar-refractivity contribution in [1.29, 1.82) is 0 Å². The number of anilines is 1. The van der Waals surface area contributed by atoms with E-state index in [1.165, 1.54) is 35.2 Å². The van der Waals surface area contributed by atoms with E-state index in [1.54, 1.807) is 6.92 Å². The van der Waals surface area contributed by atoms with Gasteiger partial charge in [-0.3, -0.25) is 25.0 Å². The number of nitrogens with one attached hydrogen (secondary N) is 1. The van der Waals surface area contributed by atoms with Crippen molar-refractivity contribution < 1.29 is 24.0 Å². The van der Waals surface area contributed by atoms with Gasteiger partial charge in [-0.25, -0.2) is 9.69 Å². The molecule has 0 bridgehead atoms. The lowest BCUT2D eigenvalue weighted by Gasteiger charge is -2.11. The van der Waals surface area contributed by atoms with E-state index >= 15 is 0 Å². The fourth-order valence-electron chi connectivity index (χ4n) is 2.57. The Labute approximate surface area is 145 Å². The number of urea groups is 1. The van der Waals surface area contributed by atoms with Crippen LogP contribution in [0.5, 0.6) is 0 Å². The summed E-state index contributed by atoms with van der Waals surface area (Å²) in [5.74, 6) is -0.408. The zero-order valence-electron chi connectivity index (χ0n) is 13.4. The van der Waals surface area contributed by atoms with Crippen LogP contribution in [0, 0.1) is 20.2 Å². The number of carbonyl (C=O) groups excluding carboxylic acids is 2. The number of nitrogens with zero attached hydrogens (tertiary/aromatic N) is 4. The second-order valence-corrected chi connectivity index (χ2v) is 5.50. The van der Waals surface area contributed by atoms with Gasteiger partial charge in [-0.1, -0.05) is 0 Å². The van der Waals surface area contributed by atoms with Gasteiger partial charge in [0.25, 0.3) is 17.3 Å². The van der Waals surface area contributed by atoms with Crippen LogP contribution in [0.4, 0.5) is 21.9 Å². The van der Waals surface area contributed by atoms with Gasteiger partial charge in [0.05, 0.1) is 15.5 Å². The molecule has 132 valence electrons. The Kier molecular flexibility index (Phi) is 4.04. The minimum Gasteiger partial charge on any atom is -0.326 e. The molecule has 2 heterocycles. The van der Waals surface area contributed by atoms with Gasteiger partial charge in [0, 0.05) is 24.3 Å². The van der Waals surface area contributed by atoms with Crippen LogP contribution >= 0.6 is 0 Å². The minimum atomic E-state index is -0.720. The fraction of sp³-hybridized carbons (Fsp3) is 0.133. The second kappa shape index (κ2) is 6.20. The molecule has 1 saturated heterocycles. The molecule has 11 nitrogen and oxygen atoms in total. The molecule has 0 spiro atoms. The van der Waals surface area contributed by atoms with Crippen LogP contribution in [0.25, 0.3) is 5.69 Å². The predicted molar refractivity (Wildman–Crippen MR) is 86.8 cm³/mol. The Morgan fingerprint density at radius 1 is 1.08 bits per heavy atom. The van der Waals surface area contributed by atoms with E-state index in [0.717, 1.165) is 17.0 Å². The topological polar surface area (TPSA) is 140 Å².